The van der Waals surface area contributed by atoms with Gasteiger partial charge in [0.2, 0.25) is 5.13 Å². The Morgan fingerprint density at radius 3 is 2.60 bits per heavy atom. The van der Waals surface area contributed by atoms with Crippen molar-refractivity contribution in [1.82, 2.24) is 9.36 Å². The summed E-state index contributed by atoms with van der Waals surface area (Å²) in [6.45, 7) is 9.21. The van der Waals surface area contributed by atoms with Gasteiger partial charge in [-0.2, -0.15) is 4.37 Å². The lowest BCUT2D eigenvalue weighted by atomic mass is 9.96. The minimum Gasteiger partial charge on any atom is -0.481 e. The van der Waals surface area contributed by atoms with Crippen molar-refractivity contribution in [1.29, 1.82) is 0 Å². The largest absolute Gasteiger partial charge is 0.481 e. The summed E-state index contributed by atoms with van der Waals surface area (Å²) in [4.78, 5) is 15.1. The van der Waals surface area contributed by atoms with Crippen LogP contribution in [0.3, 0.4) is 0 Å². The molecule has 0 aliphatic carbocycles. The van der Waals surface area contributed by atoms with Crippen molar-refractivity contribution < 1.29 is 9.90 Å². The van der Waals surface area contributed by atoms with E-state index < -0.39 is 5.97 Å². The van der Waals surface area contributed by atoms with Gasteiger partial charge in [0.1, 0.15) is 5.82 Å². The average Bonchev–Trinajstić information content (AvgIpc) is 2.81. The molecule has 0 aromatic carbocycles. The van der Waals surface area contributed by atoms with Crippen molar-refractivity contribution in [2.24, 2.45) is 5.92 Å². The van der Waals surface area contributed by atoms with Gasteiger partial charge in [-0.1, -0.05) is 34.1 Å². The van der Waals surface area contributed by atoms with Crippen LogP contribution in [-0.4, -0.2) is 27.0 Å². The van der Waals surface area contributed by atoms with Gasteiger partial charge in [0.15, 0.2) is 0 Å². The minimum atomic E-state index is -0.713. The predicted molar refractivity (Wildman–Crippen MR) is 82.4 cm³/mol. The maximum atomic E-state index is 10.6. The molecule has 1 rings (SSSR count). The molecule has 6 heteroatoms. The average molecular weight is 299 g/mol. The predicted octanol–water partition coefficient (Wildman–Crippen LogP) is 3.53. The number of anilines is 1. The van der Waals surface area contributed by atoms with Crippen LogP contribution in [0.15, 0.2) is 0 Å². The van der Waals surface area contributed by atoms with E-state index in [9.17, 15) is 4.79 Å². The summed E-state index contributed by atoms with van der Waals surface area (Å²) in [5, 5.41) is 12.8. The van der Waals surface area contributed by atoms with Gasteiger partial charge in [0.05, 0.1) is 0 Å². The highest BCUT2D eigenvalue weighted by Gasteiger charge is 2.19. The SMILES string of the molecule is CCC(CCNc1nc(C(C)(C)C)ns1)CCC(=O)O. The summed E-state index contributed by atoms with van der Waals surface area (Å²) in [5.74, 6) is 0.604. The van der Waals surface area contributed by atoms with E-state index in [2.05, 4.69) is 42.4 Å². The third kappa shape index (κ3) is 5.86. The zero-order valence-corrected chi connectivity index (χ0v) is 13.6. The number of carboxylic acid groups (broad SMARTS) is 1. The number of carboxylic acids is 1. The molecule has 0 spiro atoms. The van der Waals surface area contributed by atoms with E-state index in [-0.39, 0.29) is 11.8 Å². The fourth-order valence-electron chi connectivity index (χ4n) is 1.86. The molecular formula is C14H25N3O2S. The first-order valence-corrected chi connectivity index (χ1v) is 7.90. The van der Waals surface area contributed by atoms with Gasteiger partial charge in [0.25, 0.3) is 0 Å². The Hall–Kier alpha value is -1.17. The maximum Gasteiger partial charge on any atom is 0.303 e. The van der Waals surface area contributed by atoms with E-state index in [1.165, 1.54) is 11.5 Å². The molecule has 0 saturated carbocycles. The molecule has 20 heavy (non-hydrogen) atoms. The normalized spacial score (nSPS) is 13.2. The van der Waals surface area contributed by atoms with Crippen LogP contribution < -0.4 is 5.32 Å². The molecule has 1 atom stereocenters. The fourth-order valence-corrected chi connectivity index (χ4v) is 2.64. The minimum absolute atomic E-state index is 0.0239. The molecule has 0 aliphatic heterocycles. The van der Waals surface area contributed by atoms with Crippen LogP contribution in [0.4, 0.5) is 5.13 Å². The van der Waals surface area contributed by atoms with Crippen LogP contribution >= 0.6 is 11.5 Å². The van der Waals surface area contributed by atoms with E-state index >= 15 is 0 Å². The molecule has 2 N–H and O–H groups in total. The molecular weight excluding hydrogens is 274 g/mol. The first-order valence-electron chi connectivity index (χ1n) is 7.12. The quantitative estimate of drug-likeness (QED) is 0.768. The van der Waals surface area contributed by atoms with Gasteiger partial charge in [-0.15, -0.1) is 0 Å². The molecule has 1 unspecified atom stereocenters. The molecule has 0 radical (unpaired) electrons. The molecule has 1 heterocycles. The van der Waals surface area contributed by atoms with Crippen molar-refractivity contribution >= 4 is 22.6 Å². The second-order valence-corrected chi connectivity index (χ2v) is 6.85. The first kappa shape index (κ1) is 16.9. The maximum absolute atomic E-state index is 10.6. The van der Waals surface area contributed by atoms with Crippen molar-refractivity contribution in [3.05, 3.63) is 5.82 Å². The monoisotopic (exact) mass is 299 g/mol. The second-order valence-electron chi connectivity index (χ2n) is 6.10. The molecule has 114 valence electrons. The fraction of sp³-hybridized carbons (Fsp3) is 0.786. The summed E-state index contributed by atoms with van der Waals surface area (Å²) in [7, 11) is 0. The first-order chi connectivity index (χ1) is 9.32. The Balaban J connectivity index is 2.35. The van der Waals surface area contributed by atoms with Crippen molar-refractivity contribution in [2.75, 3.05) is 11.9 Å². The van der Waals surface area contributed by atoms with E-state index in [1.54, 1.807) is 0 Å². The molecule has 1 aromatic rings. The Morgan fingerprint density at radius 2 is 2.10 bits per heavy atom. The number of aromatic nitrogens is 2. The van der Waals surface area contributed by atoms with Gasteiger partial charge in [-0.25, -0.2) is 4.98 Å². The van der Waals surface area contributed by atoms with Crippen LogP contribution in [0.25, 0.3) is 0 Å². The number of hydrogen-bond acceptors (Lipinski definition) is 5. The van der Waals surface area contributed by atoms with Crippen LogP contribution in [0.2, 0.25) is 0 Å². The zero-order valence-electron chi connectivity index (χ0n) is 12.8. The summed E-state index contributed by atoms with van der Waals surface area (Å²) in [6.07, 6.45) is 2.98. The Bertz CT molecular complexity index is 426. The van der Waals surface area contributed by atoms with Crippen LogP contribution in [0.5, 0.6) is 0 Å². The molecule has 0 amide bonds. The van der Waals surface area contributed by atoms with Crippen LogP contribution in [-0.2, 0) is 10.2 Å². The number of carbonyl (C=O) groups is 1. The number of nitrogens with one attached hydrogen (secondary N) is 1. The van der Waals surface area contributed by atoms with Gasteiger partial charge >= 0.3 is 5.97 Å². The standard InChI is InChI=1S/C14H25N3O2S/c1-5-10(6-7-11(18)19)8-9-15-13-16-12(17-20-13)14(2,3)4/h10H,5-9H2,1-4H3,(H,18,19)(H,15,16,17). The lowest BCUT2D eigenvalue weighted by Gasteiger charge is -2.14. The van der Waals surface area contributed by atoms with Gasteiger partial charge in [0, 0.05) is 29.9 Å². The smallest absolute Gasteiger partial charge is 0.303 e. The third-order valence-corrected chi connectivity index (χ3v) is 3.94. The number of nitrogens with zero attached hydrogens (tertiary/aromatic N) is 2. The van der Waals surface area contributed by atoms with Gasteiger partial charge in [-0.05, 0) is 18.8 Å². The summed E-state index contributed by atoms with van der Waals surface area (Å²) in [5.41, 5.74) is -0.0239. The summed E-state index contributed by atoms with van der Waals surface area (Å²) < 4.78 is 4.36. The number of hydrogen-bond donors (Lipinski definition) is 2. The Labute approximate surface area is 125 Å². The van der Waals surface area contributed by atoms with Crippen LogP contribution in [0.1, 0.15) is 59.2 Å². The van der Waals surface area contributed by atoms with Crippen molar-refractivity contribution in [3.8, 4) is 0 Å². The van der Waals surface area contributed by atoms with Gasteiger partial charge in [-0.3, -0.25) is 4.79 Å². The van der Waals surface area contributed by atoms with Crippen molar-refractivity contribution in [2.45, 2.75) is 58.8 Å². The molecule has 1 aromatic heterocycles. The summed E-state index contributed by atoms with van der Waals surface area (Å²) >= 11 is 1.39. The van der Waals surface area contributed by atoms with E-state index in [0.29, 0.717) is 5.92 Å². The van der Waals surface area contributed by atoms with Crippen molar-refractivity contribution in [3.63, 3.8) is 0 Å². The Kier molecular flexibility index (Phi) is 6.39. The highest BCUT2D eigenvalue weighted by Crippen LogP contribution is 2.23. The molecule has 0 fully saturated rings. The highest BCUT2D eigenvalue weighted by atomic mass is 32.1. The summed E-state index contributed by atoms with van der Waals surface area (Å²) in [6, 6.07) is 0. The molecule has 0 saturated heterocycles. The molecule has 5 nitrogen and oxygen atoms in total. The molecule has 0 bridgehead atoms. The zero-order chi connectivity index (χ0) is 15.2. The van der Waals surface area contributed by atoms with E-state index in [4.69, 9.17) is 5.11 Å². The molecule has 0 aliphatic rings. The van der Waals surface area contributed by atoms with E-state index in [0.717, 1.165) is 36.8 Å². The number of aliphatic carboxylic acids is 1. The second kappa shape index (κ2) is 7.57. The third-order valence-electron chi connectivity index (χ3n) is 3.27. The van der Waals surface area contributed by atoms with Gasteiger partial charge < -0.3 is 10.4 Å². The lowest BCUT2D eigenvalue weighted by molar-refractivity contribution is -0.137. The Morgan fingerprint density at radius 1 is 1.40 bits per heavy atom. The number of rotatable bonds is 8. The topological polar surface area (TPSA) is 75.1 Å². The lowest BCUT2D eigenvalue weighted by Crippen LogP contribution is -2.14. The van der Waals surface area contributed by atoms with Crippen LogP contribution in [0, 0.1) is 5.92 Å². The van der Waals surface area contributed by atoms with E-state index in [1.807, 2.05) is 0 Å². The highest BCUT2D eigenvalue weighted by molar-refractivity contribution is 7.09.